The molecule has 0 bridgehead atoms. The van der Waals surface area contributed by atoms with Gasteiger partial charge in [0.1, 0.15) is 0 Å². The van der Waals surface area contributed by atoms with Gasteiger partial charge in [-0.05, 0) is 0 Å². The summed E-state index contributed by atoms with van der Waals surface area (Å²) in [4.78, 5) is 0. The molecule has 0 unspecified atom stereocenters. The zero-order valence-corrected chi connectivity index (χ0v) is 12.9. The first-order valence-corrected chi connectivity index (χ1v) is 6.85. The van der Waals surface area contributed by atoms with Gasteiger partial charge in [0.2, 0.25) is 0 Å². The number of ether oxygens (including phenoxy) is 2. The number of hydrogen-bond donors (Lipinski definition) is 0. The monoisotopic (exact) mass is 316 g/mol. The molecule has 0 aliphatic carbocycles. The number of methoxy groups -OCH3 is 2. The van der Waals surface area contributed by atoms with E-state index in [-0.39, 0.29) is 0 Å². The van der Waals surface area contributed by atoms with Crippen molar-refractivity contribution in [1.29, 1.82) is 0 Å². The van der Waals surface area contributed by atoms with Gasteiger partial charge in [-0.15, -0.1) is 0 Å². The molecule has 0 aliphatic rings. The van der Waals surface area contributed by atoms with E-state index in [2.05, 4.69) is 24.3 Å². The van der Waals surface area contributed by atoms with Gasteiger partial charge in [0.05, 0.1) is 0 Å². The molecule has 0 amide bonds. The zero-order chi connectivity index (χ0) is 13.0. The Kier molecular flexibility index (Phi) is 4.49. The van der Waals surface area contributed by atoms with Gasteiger partial charge in [-0.1, -0.05) is 0 Å². The minimum absolute atomic E-state index is 0.886. The number of benzene rings is 2. The van der Waals surface area contributed by atoms with Gasteiger partial charge in [-0.2, -0.15) is 0 Å². The first-order valence-electron chi connectivity index (χ1n) is 5.62. The van der Waals surface area contributed by atoms with Crippen LogP contribution in [0.4, 0.5) is 0 Å². The van der Waals surface area contributed by atoms with Crippen LogP contribution in [0.3, 0.4) is 0 Å². The Labute approximate surface area is 122 Å². The third-order valence-corrected chi connectivity index (χ3v) is 4.18. The second-order valence-corrected chi connectivity index (χ2v) is 5.06. The van der Waals surface area contributed by atoms with Crippen molar-refractivity contribution in [3.63, 3.8) is 0 Å². The number of rotatable bonds is 4. The van der Waals surface area contributed by atoms with Crippen molar-refractivity contribution >= 4 is 3.21 Å². The van der Waals surface area contributed by atoms with E-state index < -0.39 is 0 Å². The molecular formula is C15H14O2Zr+2. The van der Waals surface area contributed by atoms with E-state index in [0.29, 0.717) is 0 Å². The topological polar surface area (TPSA) is 18.5 Å². The molecule has 0 fully saturated rings. The van der Waals surface area contributed by atoms with Gasteiger partial charge in [0.15, 0.2) is 0 Å². The van der Waals surface area contributed by atoms with Crippen LogP contribution in [0.5, 0.6) is 11.5 Å². The molecule has 0 aliphatic heterocycles. The second-order valence-electron chi connectivity index (χ2n) is 3.83. The van der Waals surface area contributed by atoms with E-state index in [1.165, 1.54) is 38.6 Å². The molecule has 0 spiro atoms. The van der Waals surface area contributed by atoms with Gasteiger partial charge in [-0.3, -0.25) is 0 Å². The third kappa shape index (κ3) is 2.97. The minimum atomic E-state index is 0.886. The van der Waals surface area contributed by atoms with Crippen LogP contribution in [0.1, 0.15) is 11.1 Å². The van der Waals surface area contributed by atoms with E-state index in [1.807, 2.05) is 24.3 Å². The molecule has 0 aromatic heterocycles. The Morgan fingerprint density at radius 2 is 1.06 bits per heavy atom. The SMILES string of the molecule is COc1ccc([C](=[Zr+2])c2ccc(OC)cc2)cc1. The summed E-state index contributed by atoms with van der Waals surface area (Å²) in [7, 11) is 3.36. The normalized spacial score (nSPS) is 10.0. The molecule has 2 nitrogen and oxygen atoms in total. The van der Waals surface area contributed by atoms with Crippen LogP contribution >= 0.6 is 0 Å². The van der Waals surface area contributed by atoms with Crippen LogP contribution in [0.2, 0.25) is 0 Å². The van der Waals surface area contributed by atoms with E-state index in [0.717, 1.165) is 11.5 Å². The molecule has 88 valence electrons. The van der Waals surface area contributed by atoms with Crippen LogP contribution in [0.25, 0.3) is 0 Å². The summed E-state index contributed by atoms with van der Waals surface area (Å²) >= 11 is 1.39. The van der Waals surface area contributed by atoms with Gasteiger partial charge in [-0.25, -0.2) is 0 Å². The molecule has 2 aromatic carbocycles. The van der Waals surface area contributed by atoms with E-state index >= 15 is 0 Å². The third-order valence-electron chi connectivity index (χ3n) is 2.76. The van der Waals surface area contributed by atoms with Crippen molar-refractivity contribution in [3.8, 4) is 11.5 Å². The summed E-state index contributed by atoms with van der Waals surface area (Å²) in [6.07, 6.45) is 0. The summed E-state index contributed by atoms with van der Waals surface area (Å²) < 4.78 is 11.7. The predicted octanol–water partition coefficient (Wildman–Crippen LogP) is 2.82. The van der Waals surface area contributed by atoms with Crippen molar-refractivity contribution in [3.05, 3.63) is 59.7 Å². The molecule has 3 heteroatoms. The fourth-order valence-corrected chi connectivity index (χ4v) is 2.50. The number of hydrogen-bond acceptors (Lipinski definition) is 2. The quantitative estimate of drug-likeness (QED) is 0.863. The maximum atomic E-state index is 5.17. The van der Waals surface area contributed by atoms with Crippen molar-refractivity contribution < 1.29 is 33.7 Å². The molecule has 18 heavy (non-hydrogen) atoms. The fraction of sp³-hybridized carbons (Fsp3) is 0.133. The van der Waals surface area contributed by atoms with Crippen LogP contribution in [-0.4, -0.2) is 17.4 Å². The molecule has 0 saturated heterocycles. The van der Waals surface area contributed by atoms with E-state index in [1.54, 1.807) is 14.2 Å². The summed E-state index contributed by atoms with van der Waals surface area (Å²) in [6.45, 7) is 0. The Morgan fingerprint density at radius 1 is 0.722 bits per heavy atom. The summed E-state index contributed by atoms with van der Waals surface area (Å²) in [5, 5.41) is 0. The Bertz CT molecular complexity index is 480. The van der Waals surface area contributed by atoms with Crippen molar-refractivity contribution in [2.75, 3.05) is 14.2 Å². The Balaban J connectivity index is 2.23. The first kappa shape index (κ1) is 13.2. The summed E-state index contributed by atoms with van der Waals surface area (Å²) in [5.41, 5.74) is 2.47. The van der Waals surface area contributed by atoms with Crippen LogP contribution in [0.15, 0.2) is 48.5 Å². The Morgan fingerprint density at radius 3 is 1.33 bits per heavy atom. The molecular weight excluding hydrogens is 303 g/mol. The van der Waals surface area contributed by atoms with Gasteiger partial charge >= 0.3 is 122 Å². The first-order chi connectivity index (χ1) is 8.74. The standard InChI is InChI=1S/C15H14O2.Zr/c1-16-14-7-3-12(4-8-14)11-13-5-9-15(17-2)10-6-13;/h3-10H,1-2H3;/q;+2. The Hall–Kier alpha value is -1.21. The van der Waals surface area contributed by atoms with Gasteiger partial charge in [0.25, 0.3) is 0 Å². The zero-order valence-electron chi connectivity index (χ0n) is 10.4. The molecule has 0 atom stereocenters. The molecule has 2 aromatic rings. The molecule has 0 radical (unpaired) electrons. The van der Waals surface area contributed by atoms with Crippen molar-refractivity contribution in [2.24, 2.45) is 0 Å². The van der Waals surface area contributed by atoms with Crippen molar-refractivity contribution in [1.82, 2.24) is 0 Å². The molecule has 0 N–H and O–H groups in total. The van der Waals surface area contributed by atoms with E-state index in [4.69, 9.17) is 9.47 Å². The van der Waals surface area contributed by atoms with E-state index in [9.17, 15) is 0 Å². The van der Waals surface area contributed by atoms with Gasteiger partial charge in [0, 0.05) is 0 Å². The average Bonchev–Trinajstić information content (AvgIpc) is 2.47. The average molecular weight is 317 g/mol. The molecule has 0 saturated carbocycles. The summed E-state index contributed by atoms with van der Waals surface area (Å²) in [5.74, 6) is 1.77. The van der Waals surface area contributed by atoms with Crippen LogP contribution in [0, 0.1) is 0 Å². The maximum absolute atomic E-state index is 5.17. The molecule has 0 heterocycles. The van der Waals surface area contributed by atoms with Crippen molar-refractivity contribution in [2.45, 2.75) is 0 Å². The molecule has 2 rings (SSSR count). The summed E-state index contributed by atoms with van der Waals surface area (Å²) in [6, 6.07) is 16.3. The predicted molar refractivity (Wildman–Crippen MR) is 69.2 cm³/mol. The van der Waals surface area contributed by atoms with Crippen LogP contribution < -0.4 is 9.47 Å². The fourth-order valence-electron chi connectivity index (χ4n) is 1.68. The second kappa shape index (κ2) is 6.10. The van der Waals surface area contributed by atoms with Crippen LogP contribution in [-0.2, 0) is 24.2 Å². The van der Waals surface area contributed by atoms with Gasteiger partial charge < -0.3 is 0 Å².